The maximum Gasteiger partial charge on any atom is 0.254 e. The van der Waals surface area contributed by atoms with Gasteiger partial charge in [0.25, 0.3) is 5.91 Å². The fourth-order valence-corrected chi connectivity index (χ4v) is 3.66. The minimum Gasteiger partial charge on any atom is -0.334 e. The zero-order valence-electron chi connectivity index (χ0n) is 13.8. The van der Waals surface area contributed by atoms with Gasteiger partial charge in [-0.1, -0.05) is 11.6 Å². The first-order valence-electron chi connectivity index (χ1n) is 8.28. The summed E-state index contributed by atoms with van der Waals surface area (Å²) in [4.78, 5) is 19.8. The van der Waals surface area contributed by atoms with E-state index in [4.69, 9.17) is 22.3 Å². The van der Waals surface area contributed by atoms with Crippen LogP contribution < -0.4 is 5.73 Å². The smallest absolute Gasteiger partial charge is 0.254 e. The van der Waals surface area contributed by atoms with Crippen LogP contribution in [0.4, 0.5) is 0 Å². The molecule has 25 heavy (non-hydrogen) atoms. The molecular weight excluding hydrogens is 381 g/mol. The molecule has 1 saturated carbocycles. The van der Waals surface area contributed by atoms with Crippen molar-refractivity contribution in [1.29, 1.82) is 0 Å². The fourth-order valence-electron chi connectivity index (χ4n) is 3.49. The Bertz CT molecular complexity index is 779. The van der Waals surface area contributed by atoms with Crippen molar-refractivity contribution in [1.82, 2.24) is 9.88 Å². The lowest BCUT2D eigenvalue weighted by atomic mass is 10.0. The van der Waals surface area contributed by atoms with Crippen molar-refractivity contribution >= 4 is 53.2 Å². The molecule has 1 aromatic heterocycles. The van der Waals surface area contributed by atoms with Gasteiger partial charge in [-0.25, -0.2) is 0 Å². The summed E-state index contributed by atoms with van der Waals surface area (Å²) in [6, 6.07) is 7.71. The SMILES string of the molecule is Cl.Cl.NCC1CCCN1C(=O)c1cc(C2CC2)nc2ccc(Cl)cc12. The highest BCUT2D eigenvalue weighted by Crippen LogP contribution is 2.40. The van der Waals surface area contributed by atoms with Crippen LogP contribution in [-0.2, 0) is 0 Å². The summed E-state index contributed by atoms with van der Waals surface area (Å²) >= 11 is 6.15. The molecule has 2 aromatic rings. The monoisotopic (exact) mass is 401 g/mol. The van der Waals surface area contributed by atoms with Crippen LogP contribution in [0.25, 0.3) is 10.9 Å². The largest absolute Gasteiger partial charge is 0.334 e. The van der Waals surface area contributed by atoms with E-state index in [2.05, 4.69) is 0 Å². The number of aromatic nitrogens is 1. The third kappa shape index (κ3) is 3.87. The number of rotatable bonds is 3. The van der Waals surface area contributed by atoms with Crippen LogP contribution in [0.2, 0.25) is 5.02 Å². The van der Waals surface area contributed by atoms with Gasteiger partial charge in [-0.2, -0.15) is 0 Å². The van der Waals surface area contributed by atoms with Crippen LogP contribution >= 0.6 is 36.4 Å². The van der Waals surface area contributed by atoms with Crippen molar-refractivity contribution in [3.63, 3.8) is 0 Å². The van der Waals surface area contributed by atoms with Gasteiger partial charge >= 0.3 is 0 Å². The Labute approximate surface area is 164 Å². The van der Waals surface area contributed by atoms with Gasteiger partial charge in [0, 0.05) is 41.2 Å². The summed E-state index contributed by atoms with van der Waals surface area (Å²) in [5.74, 6) is 0.569. The van der Waals surface area contributed by atoms with Gasteiger partial charge in [0.05, 0.1) is 11.1 Å². The Morgan fingerprint density at radius 3 is 2.68 bits per heavy atom. The average molecular weight is 403 g/mol. The highest BCUT2D eigenvalue weighted by atomic mass is 35.5. The Morgan fingerprint density at radius 2 is 2.00 bits per heavy atom. The van der Waals surface area contributed by atoms with Gasteiger partial charge in [-0.15, -0.1) is 24.8 Å². The van der Waals surface area contributed by atoms with Gasteiger partial charge in [-0.05, 0) is 49.9 Å². The van der Waals surface area contributed by atoms with Crippen LogP contribution in [0.1, 0.15) is 47.7 Å². The summed E-state index contributed by atoms with van der Waals surface area (Å²) in [6.45, 7) is 1.30. The van der Waals surface area contributed by atoms with Crippen molar-refractivity contribution in [2.24, 2.45) is 5.73 Å². The summed E-state index contributed by atoms with van der Waals surface area (Å²) in [5.41, 5.74) is 8.45. The summed E-state index contributed by atoms with van der Waals surface area (Å²) in [5, 5.41) is 1.47. The first-order chi connectivity index (χ1) is 11.2. The van der Waals surface area contributed by atoms with E-state index in [0.717, 1.165) is 54.4 Å². The van der Waals surface area contributed by atoms with Crippen molar-refractivity contribution < 1.29 is 4.79 Å². The lowest BCUT2D eigenvalue weighted by Gasteiger charge is -2.24. The summed E-state index contributed by atoms with van der Waals surface area (Å²) in [6.07, 6.45) is 4.33. The number of carbonyl (C=O) groups is 1. The van der Waals surface area contributed by atoms with Crippen molar-refractivity contribution in [3.05, 3.63) is 40.5 Å². The van der Waals surface area contributed by atoms with E-state index >= 15 is 0 Å². The van der Waals surface area contributed by atoms with Gasteiger partial charge in [-0.3, -0.25) is 9.78 Å². The lowest BCUT2D eigenvalue weighted by molar-refractivity contribution is 0.0743. The Kier molecular flexibility index (Phi) is 6.55. The number of hydrogen-bond donors (Lipinski definition) is 1. The van der Waals surface area contributed by atoms with Crippen LogP contribution in [0.5, 0.6) is 0 Å². The zero-order chi connectivity index (χ0) is 16.0. The van der Waals surface area contributed by atoms with Crippen molar-refractivity contribution in [2.75, 3.05) is 13.1 Å². The Balaban J connectivity index is 0.00000113. The molecule has 4 nitrogen and oxygen atoms in total. The molecule has 0 bridgehead atoms. The predicted molar refractivity (Wildman–Crippen MR) is 106 cm³/mol. The second kappa shape index (κ2) is 8.09. The number of halogens is 3. The molecule has 1 saturated heterocycles. The zero-order valence-corrected chi connectivity index (χ0v) is 16.2. The molecule has 2 heterocycles. The highest BCUT2D eigenvalue weighted by molar-refractivity contribution is 6.31. The van der Waals surface area contributed by atoms with Crippen molar-refractivity contribution in [3.8, 4) is 0 Å². The number of nitrogens with two attached hydrogens (primary N) is 1. The molecule has 1 atom stereocenters. The second-order valence-electron chi connectivity index (χ2n) is 6.56. The molecule has 2 N–H and O–H groups in total. The van der Waals surface area contributed by atoms with E-state index in [9.17, 15) is 4.79 Å². The van der Waals surface area contributed by atoms with Crippen molar-refractivity contribution in [2.45, 2.75) is 37.6 Å². The summed E-state index contributed by atoms with van der Waals surface area (Å²) in [7, 11) is 0. The molecule has 1 aliphatic carbocycles. The third-order valence-corrected chi connectivity index (χ3v) is 5.16. The molecule has 1 unspecified atom stereocenters. The molecule has 2 aliphatic rings. The van der Waals surface area contributed by atoms with Gasteiger partial charge in [0.1, 0.15) is 0 Å². The van der Waals surface area contributed by atoms with Gasteiger partial charge in [0.15, 0.2) is 0 Å². The molecule has 2 fully saturated rings. The number of nitrogens with zero attached hydrogens (tertiary/aromatic N) is 2. The number of pyridine rings is 1. The number of carbonyl (C=O) groups excluding carboxylic acids is 1. The third-order valence-electron chi connectivity index (χ3n) is 4.93. The molecular formula is C18H22Cl3N3O. The second-order valence-corrected chi connectivity index (χ2v) is 7.00. The first kappa shape index (κ1) is 20.2. The van der Waals surface area contributed by atoms with Crippen LogP contribution in [0.15, 0.2) is 24.3 Å². The van der Waals surface area contributed by atoms with Gasteiger partial charge in [0.2, 0.25) is 0 Å². The molecule has 0 spiro atoms. The van der Waals surface area contributed by atoms with E-state index < -0.39 is 0 Å². The molecule has 4 rings (SSSR count). The average Bonchev–Trinajstić information content (AvgIpc) is 3.30. The molecule has 1 aliphatic heterocycles. The standard InChI is InChI=1S/C18H20ClN3O.2ClH/c19-12-5-6-16-14(8-12)15(9-17(21-16)11-3-4-11)18(23)22-7-1-2-13(22)10-20;;/h5-6,8-9,11,13H,1-4,7,10,20H2;2*1H. The predicted octanol–water partition coefficient (Wildman–Crippen LogP) is 4.17. The van der Waals surface area contributed by atoms with E-state index in [-0.39, 0.29) is 36.8 Å². The molecule has 136 valence electrons. The Morgan fingerprint density at radius 1 is 1.24 bits per heavy atom. The van der Waals surface area contributed by atoms with E-state index in [0.29, 0.717) is 17.5 Å². The lowest BCUT2D eigenvalue weighted by Crippen LogP contribution is -2.40. The molecule has 1 amide bonds. The minimum atomic E-state index is 0. The topological polar surface area (TPSA) is 59.2 Å². The van der Waals surface area contributed by atoms with Gasteiger partial charge < -0.3 is 10.6 Å². The first-order valence-corrected chi connectivity index (χ1v) is 8.66. The van der Waals surface area contributed by atoms with E-state index in [1.165, 1.54) is 0 Å². The number of fused-ring (bicyclic) bond motifs is 1. The van der Waals surface area contributed by atoms with Crippen LogP contribution in [0, 0.1) is 0 Å². The molecule has 7 heteroatoms. The van der Waals surface area contributed by atoms with E-state index in [1.807, 2.05) is 29.2 Å². The Hall–Kier alpha value is -1.07. The maximum atomic E-state index is 13.1. The number of benzene rings is 1. The summed E-state index contributed by atoms with van der Waals surface area (Å²) < 4.78 is 0. The number of amides is 1. The maximum absolute atomic E-state index is 13.1. The van der Waals surface area contributed by atoms with Crippen LogP contribution in [0.3, 0.4) is 0 Å². The fraction of sp³-hybridized carbons (Fsp3) is 0.444. The molecule has 1 aromatic carbocycles. The minimum absolute atomic E-state index is 0. The number of likely N-dealkylation sites (tertiary alicyclic amines) is 1. The van der Waals surface area contributed by atoms with E-state index in [1.54, 1.807) is 0 Å². The quantitative estimate of drug-likeness (QED) is 0.838. The van der Waals surface area contributed by atoms with Crippen LogP contribution in [-0.4, -0.2) is 34.9 Å². The molecule has 0 radical (unpaired) electrons. The normalized spacial score (nSPS) is 19.4. The highest BCUT2D eigenvalue weighted by Gasteiger charge is 2.31. The number of hydrogen-bond acceptors (Lipinski definition) is 3.